The second-order valence-corrected chi connectivity index (χ2v) is 4.02. The van der Waals surface area contributed by atoms with Crippen molar-refractivity contribution in [3.05, 3.63) is 60.2 Å². The van der Waals surface area contributed by atoms with Crippen LogP contribution >= 0.6 is 0 Å². The third-order valence-corrected chi connectivity index (χ3v) is 2.66. The summed E-state index contributed by atoms with van der Waals surface area (Å²) in [5.74, 6) is 0. The molecule has 2 aromatic rings. The molecule has 3 heteroatoms. The van der Waals surface area contributed by atoms with E-state index < -0.39 is 0 Å². The average Bonchev–Trinajstić information content (AvgIpc) is 2.39. The van der Waals surface area contributed by atoms with Gasteiger partial charge in [0.05, 0.1) is 0 Å². The van der Waals surface area contributed by atoms with Crippen molar-refractivity contribution < 1.29 is 0 Å². The van der Waals surface area contributed by atoms with Crippen LogP contribution in [0.15, 0.2) is 54.6 Å². The highest BCUT2D eigenvalue weighted by molar-refractivity contribution is 5.51. The van der Waals surface area contributed by atoms with Gasteiger partial charge in [0.1, 0.15) is 0 Å². The number of anilines is 2. The van der Waals surface area contributed by atoms with E-state index in [1.807, 2.05) is 54.6 Å². The van der Waals surface area contributed by atoms with Crippen LogP contribution in [0.2, 0.25) is 0 Å². The molecule has 0 saturated heterocycles. The van der Waals surface area contributed by atoms with E-state index in [0.29, 0.717) is 6.54 Å². The summed E-state index contributed by atoms with van der Waals surface area (Å²) in [6, 6.07) is 17.7. The van der Waals surface area contributed by atoms with E-state index in [4.69, 9.17) is 11.5 Å². The van der Waals surface area contributed by atoms with E-state index in [-0.39, 0.29) is 6.04 Å². The molecule has 2 aromatic carbocycles. The van der Waals surface area contributed by atoms with Crippen LogP contribution in [-0.2, 0) is 0 Å². The Balaban J connectivity index is 1.92. The van der Waals surface area contributed by atoms with Gasteiger partial charge in [-0.1, -0.05) is 30.3 Å². The van der Waals surface area contributed by atoms with Crippen molar-refractivity contribution in [1.29, 1.82) is 0 Å². The van der Waals surface area contributed by atoms with Crippen LogP contribution in [-0.4, -0.2) is 6.54 Å². The molecule has 0 spiro atoms. The van der Waals surface area contributed by atoms with E-state index in [1.54, 1.807) is 0 Å². The summed E-state index contributed by atoms with van der Waals surface area (Å²) in [5, 5.41) is 3.29. The van der Waals surface area contributed by atoms with Crippen LogP contribution in [0, 0.1) is 0 Å². The van der Waals surface area contributed by atoms with Gasteiger partial charge in [-0.25, -0.2) is 0 Å². The molecule has 0 radical (unpaired) electrons. The quantitative estimate of drug-likeness (QED) is 0.703. The Hall–Kier alpha value is -2.00. The Labute approximate surface area is 101 Å². The van der Waals surface area contributed by atoms with Gasteiger partial charge >= 0.3 is 0 Å². The van der Waals surface area contributed by atoms with E-state index in [2.05, 4.69) is 5.32 Å². The summed E-state index contributed by atoms with van der Waals surface area (Å²) >= 11 is 0. The monoisotopic (exact) mass is 227 g/mol. The summed E-state index contributed by atoms with van der Waals surface area (Å²) in [6.07, 6.45) is 0. The first-order chi connectivity index (χ1) is 8.25. The summed E-state index contributed by atoms with van der Waals surface area (Å²) in [6.45, 7) is 0.702. The van der Waals surface area contributed by atoms with Gasteiger partial charge in [0.25, 0.3) is 0 Å². The molecule has 0 aliphatic carbocycles. The summed E-state index contributed by atoms with van der Waals surface area (Å²) < 4.78 is 0. The predicted molar refractivity (Wildman–Crippen MR) is 72.7 cm³/mol. The maximum atomic E-state index is 6.09. The second kappa shape index (κ2) is 5.37. The van der Waals surface area contributed by atoms with E-state index in [9.17, 15) is 0 Å². The second-order valence-electron chi connectivity index (χ2n) is 4.02. The normalized spacial score (nSPS) is 12.1. The van der Waals surface area contributed by atoms with Crippen molar-refractivity contribution in [2.45, 2.75) is 6.04 Å². The summed E-state index contributed by atoms with van der Waals surface area (Å²) in [7, 11) is 0. The molecule has 0 aromatic heterocycles. The molecule has 0 fully saturated rings. The minimum atomic E-state index is -0.00578. The van der Waals surface area contributed by atoms with E-state index in [1.165, 1.54) is 0 Å². The van der Waals surface area contributed by atoms with Crippen molar-refractivity contribution in [2.24, 2.45) is 5.73 Å². The Bertz CT molecular complexity index is 451. The molecule has 0 heterocycles. The molecule has 0 bridgehead atoms. The van der Waals surface area contributed by atoms with Crippen molar-refractivity contribution in [1.82, 2.24) is 0 Å². The minimum Gasteiger partial charge on any atom is -0.399 e. The van der Waals surface area contributed by atoms with Gasteiger partial charge in [0.15, 0.2) is 0 Å². The molecule has 1 unspecified atom stereocenters. The lowest BCUT2D eigenvalue weighted by molar-refractivity contribution is 0.764. The van der Waals surface area contributed by atoms with Crippen LogP contribution < -0.4 is 16.8 Å². The molecular formula is C14H17N3. The highest BCUT2D eigenvalue weighted by Crippen LogP contribution is 2.13. The van der Waals surface area contributed by atoms with Crippen molar-refractivity contribution in [3.8, 4) is 0 Å². The zero-order valence-electron chi connectivity index (χ0n) is 9.64. The number of benzene rings is 2. The van der Waals surface area contributed by atoms with Gasteiger partial charge in [-0.05, 0) is 29.8 Å². The number of hydrogen-bond acceptors (Lipinski definition) is 3. The number of hydrogen-bond donors (Lipinski definition) is 3. The highest BCUT2D eigenvalue weighted by atomic mass is 14.9. The fourth-order valence-electron chi connectivity index (χ4n) is 1.65. The molecule has 17 heavy (non-hydrogen) atoms. The standard InChI is InChI=1S/C14H17N3/c15-12-6-8-13(9-7-12)17-10-14(16)11-4-2-1-3-5-11/h1-9,14,17H,10,15-16H2. The molecule has 0 aliphatic rings. The van der Waals surface area contributed by atoms with Gasteiger partial charge in [-0.3, -0.25) is 0 Å². The molecule has 1 atom stereocenters. The molecule has 3 nitrogen and oxygen atoms in total. The number of nitrogens with two attached hydrogens (primary N) is 2. The van der Waals surface area contributed by atoms with Crippen LogP contribution in [0.1, 0.15) is 11.6 Å². The first kappa shape index (κ1) is 11.5. The largest absolute Gasteiger partial charge is 0.399 e. The summed E-state index contributed by atoms with van der Waals surface area (Å²) in [4.78, 5) is 0. The molecule has 0 aliphatic heterocycles. The lowest BCUT2D eigenvalue weighted by atomic mass is 10.1. The number of nitrogens with one attached hydrogen (secondary N) is 1. The summed E-state index contributed by atoms with van der Waals surface area (Å²) in [5.41, 5.74) is 14.6. The van der Waals surface area contributed by atoms with Gasteiger partial charge < -0.3 is 16.8 Å². The van der Waals surface area contributed by atoms with Crippen LogP contribution in [0.3, 0.4) is 0 Å². The minimum absolute atomic E-state index is 0.00578. The number of rotatable bonds is 4. The smallest absolute Gasteiger partial charge is 0.0470 e. The lowest BCUT2D eigenvalue weighted by Crippen LogP contribution is -2.20. The first-order valence-electron chi connectivity index (χ1n) is 5.65. The first-order valence-corrected chi connectivity index (χ1v) is 5.65. The Morgan fingerprint density at radius 1 is 0.941 bits per heavy atom. The fourth-order valence-corrected chi connectivity index (χ4v) is 1.65. The Kier molecular flexibility index (Phi) is 3.62. The van der Waals surface area contributed by atoms with E-state index in [0.717, 1.165) is 16.9 Å². The van der Waals surface area contributed by atoms with Crippen LogP contribution in [0.25, 0.3) is 0 Å². The highest BCUT2D eigenvalue weighted by Gasteiger charge is 2.04. The lowest BCUT2D eigenvalue weighted by Gasteiger charge is -2.14. The average molecular weight is 227 g/mol. The topological polar surface area (TPSA) is 64.1 Å². The zero-order chi connectivity index (χ0) is 12.1. The molecule has 0 amide bonds. The number of nitrogen functional groups attached to an aromatic ring is 1. The van der Waals surface area contributed by atoms with Crippen molar-refractivity contribution >= 4 is 11.4 Å². The van der Waals surface area contributed by atoms with E-state index >= 15 is 0 Å². The molecule has 88 valence electrons. The van der Waals surface area contributed by atoms with Crippen molar-refractivity contribution in [3.63, 3.8) is 0 Å². The molecule has 2 rings (SSSR count). The maximum Gasteiger partial charge on any atom is 0.0470 e. The van der Waals surface area contributed by atoms with Crippen molar-refractivity contribution in [2.75, 3.05) is 17.6 Å². The third-order valence-electron chi connectivity index (χ3n) is 2.66. The predicted octanol–water partition coefficient (Wildman–Crippen LogP) is 2.38. The van der Waals surface area contributed by atoms with Gasteiger partial charge in [0.2, 0.25) is 0 Å². The zero-order valence-corrected chi connectivity index (χ0v) is 9.64. The Morgan fingerprint density at radius 2 is 1.59 bits per heavy atom. The third kappa shape index (κ3) is 3.23. The maximum absolute atomic E-state index is 6.09. The fraction of sp³-hybridized carbons (Fsp3) is 0.143. The van der Waals surface area contributed by atoms with Gasteiger partial charge in [0, 0.05) is 24.0 Å². The molecule has 5 N–H and O–H groups in total. The van der Waals surface area contributed by atoms with Crippen LogP contribution in [0.5, 0.6) is 0 Å². The molecular weight excluding hydrogens is 210 g/mol. The van der Waals surface area contributed by atoms with Crippen LogP contribution in [0.4, 0.5) is 11.4 Å². The molecule has 0 saturated carbocycles. The van der Waals surface area contributed by atoms with Gasteiger partial charge in [-0.15, -0.1) is 0 Å². The SMILES string of the molecule is Nc1ccc(NCC(N)c2ccccc2)cc1. The van der Waals surface area contributed by atoms with Gasteiger partial charge in [-0.2, -0.15) is 0 Å². The Morgan fingerprint density at radius 3 is 2.24 bits per heavy atom.